The van der Waals surface area contributed by atoms with E-state index in [4.69, 9.17) is 0 Å². The van der Waals surface area contributed by atoms with Crippen molar-refractivity contribution in [3.63, 3.8) is 0 Å². The molecule has 1 fully saturated rings. The smallest absolute Gasteiger partial charge is 0.256 e. The second-order valence-electron chi connectivity index (χ2n) is 4.08. The Kier molecular flexibility index (Phi) is 3.31. The average Bonchev–Trinajstić information content (AvgIpc) is 2.28. The van der Waals surface area contributed by atoms with Crippen LogP contribution >= 0.6 is 0 Å². The molecule has 0 bridgehead atoms. The van der Waals surface area contributed by atoms with E-state index in [1.165, 1.54) is 0 Å². The third-order valence-electron chi connectivity index (χ3n) is 2.92. The van der Waals surface area contributed by atoms with Crippen molar-refractivity contribution in [3.05, 3.63) is 0 Å². The van der Waals surface area contributed by atoms with Crippen LogP contribution in [0.1, 0.15) is 13.3 Å². The molecule has 6 nitrogen and oxygen atoms in total. The maximum absolute atomic E-state index is 11.2. The highest BCUT2D eigenvalue weighted by atomic mass is 16.2. The summed E-state index contributed by atoms with van der Waals surface area (Å²) < 4.78 is 0. The number of carbonyl (C=O) groups excluding carboxylic acids is 2. The molecule has 0 saturated carbocycles. The average molecular weight is 224 g/mol. The molecule has 2 N–H and O–H groups in total. The Labute approximate surface area is 94.1 Å². The Balaban J connectivity index is 2.05. The van der Waals surface area contributed by atoms with Crippen LogP contribution in [0, 0.1) is 0 Å². The summed E-state index contributed by atoms with van der Waals surface area (Å²) in [6.45, 7) is 5.64. The zero-order chi connectivity index (χ0) is 11.5. The number of hydrogen-bond donors (Lipinski definition) is 2. The first kappa shape index (κ1) is 11.2. The van der Waals surface area contributed by atoms with Crippen LogP contribution in [0.2, 0.25) is 0 Å². The molecule has 0 radical (unpaired) electrons. The van der Waals surface area contributed by atoms with E-state index in [1.807, 2.05) is 6.92 Å². The minimum Gasteiger partial charge on any atom is -0.314 e. The molecular weight excluding hydrogens is 208 g/mol. The van der Waals surface area contributed by atoms with Crippen molar-refractivity contribution in [2.24, 2.45) is 4.99 Å². The predicted molar refractivity (Wildman–Crippen MR) is 59.1 cm³/mol. The fourth-order valence-electron chi connectivity index (χ4n) is 1.97. The summed E-state index contributed by atoms with van der Waals surface area (Å²) in [5, 5.41) is 5.93. The van der Waals surface area contributed by atoms with Crippen LogP contribution in [0.15, 0.2) is 4.99 Å². The topological polar surface area (TPSA) is 73.8 Å². The van der Waals surface area contributed by atoms with Gasteiger partial charge in [0.25, 0.3) is 5.91 Å². The number of aliphatic imine (C=N–C) groups is 1. The minimum absolute atomic E-state index is 0.00435. The summed E-state index contributed by atoms with van der Waals surface area (Å²) in [5.41, 5.74) is 0. The van der Waals surface area contributed by atoms with Crippen LogP contribution in [0.4, 0.5) is 0 Å². The summed E-state index contributed by atoms with van der Waals surface area (Å²) in [6, 6.07) is -0.00435. The zero-order valence-corrected chi connectivity index (χ0v) is 9.32. The van der Waals surface area contributed by atoms with Gasteiger partial charge in [0, 0.05) is 26.2 Å². The molecule has 0 aromatic heterocycles. The van der Waals surface area contributed by atoms with Gasteiger partial charge >= 0.3 is 0 Å². The molecule has 0 aromatic carbocycles. The van der Waals surface area contributed by atoms with Crippen LogP contribution in [0.3, 0.4) is 0 Å². The fourth-order valence-corrected chi connectivity index (χ4v) is 1.97. The molecule has 2 rings (SSSR count). The summed E-state index contributed by atoms with van der Waals surface area (Å²) in [6.07, 6.45) is -0.127. The molecule has 0 spiro atoms. The maximum Gasteiger partial charge on any atom is 0.256 e. The Bertz CT molecular complexity index is 334. The van der Waals surface area contributed by atoms with Crippen molar-refractivity contribution >= 4 is 17.6 Å². The second-order valence-corrected chi connectivity index (χ2v) is 4.08. The molecule has 1 saturated heterocycles. The first-order chi connectivity index (χ1) is 7.66. The van der Waals surface area contributed by atoms with Gasteiger partial charge in [0.1, 0.15) is 12.3 Å². The van der Waals surface area contributed by atoms with Gasteiger partial charge in [0.15, 0.2) is 0 Å². The monoisotopic (exact) mass is 224 g/mol. The Morgan fingerprint density at radius 1 is 1.31 bits per heavy atom. The third kappa shape index (κ3) is 2.45. The van der Waals surface area contributed by atoms with Crippen molar-refractivity contribution < 1.29 is 9.59 Å². The lowest BCUT2D eigenvalue weighted by Crippen LogP contribution is -2.54. The third-order valence-corrected chi connectivity index (χ3v) is 2.92. The van der Waals surface area contributed by atoms with Crippen molar-refractivity contribution in [3.8, 4) is 0 Å². The molecule has 0 aromatic rings. The van der Waals surface area contributed by atoms with E-state index in [0.29, 0.717) is 5.84 Å². The van der Waals surface area contributed by atoms with Crippen molar-refractivity contribution in [1.82, 2.24) is 15.5 Å². The minimum atomic E-state index is -0.347. The Morgan fingerprint density at radius 2 is 2.00 bits per heavy atom. The zero-order valence-electron chi connectivity index (χ0n) is 9.32. The molecule has 1 atom stereocenters. The number of hydrogen-bond acceptors (Lipinski definition) is 4. The normalized spacial score (nSPS) is 24.9. The van der Waals surface area contributed by atoms with Gasteiger partial charge in [-0.1, -0.05) is 0 Å². The quantitative estimate of drug-likeness (QED) is 0.573. The molecule has 88 valence electrons. The highest BCUT2D eigenvalue weighted by Gasteiger charge is 2.26. The molecular formula is C10H16N4O2. The fraction of sp³-hybridized carbons (Fsp3) is 0.700. The van der Waals surface area contributed by atoms with Gasteiger partial charge in [0.05, 0.1) is 6.04 Å². The van der Waals surface area contributed by atoms with Crippen molar-refractivity contribution in [2.45, 2.75) is 19.4 Å². The van der Waals surface area contributed by atoms with E-state index in [2.05, 4.69) is 20.5 Å². The molecule has 0 aliphatic carbocycles. The summed E-state index contributed by atoms with van der Waals surface area (Å²) in [7, 11) is 0. The molecule has 2 amide bonds. The van der Waals surface area contributed by atoms with Gasteiger partial charge < -0.3 is 10.6 Å². The number of nitrogens with zero attached hydrogens (tertiary/aromatic N) is 2. The largest absolute Gasteiger partial charge is 0.314 e. The number of rotatable bonds is 2. The Morgan fingerprint density at radius 3 is 2.62 bits per heavy atom. The molecule has 2 aliphatic heterocycles. The lowest BCUT2D eigenvalue weighted by Gasteiger charge is -2.33. The molecule has 1 unspecified atom stereocenters. The van der Waals surface area contributed by atoms with Gasteiger partial charge in [-0.25, -0.2) is 0 Å². The highest BCUT2D eigenvalue weighted by molar-refractivity contribution is 6.15. The van der Waals surface area contributed by atoms with Crippen LogP contribution < -0.4 is 10.6 Å². The van der Waals surface area contributed by atoms with Crippen LogP contribution in [0.25, 0.3) is 0 Å². The van der Waals surface area contributed by atoms with E-state index < -0.39 is 0 Å². The maximum atomic E-state index is 11.2. The summed E-state index contributed by atoms with van der Waals surface area (Å²) in [5.74, 6) is -0.110. The van der Waals surface area contributed by atoms with Crippen molar-refractivity contribution in [1.29, 1.82) is 0 Å². The van der Waals surface area contributed by atoms with Crippen LogP contribution in [-0.4, -0.2) is 54.8 Å². The standard InChI is InChI=1S/C10H16N4O2/c1-7(14-4-2-11-3-5-14)10-12-8(15)6-9(16)13-10/h7,11H,2-6H2,1H3,(H,12,13,15,16). The van der Waals surface area contributed by atoms with Crippen LogP contribution in [-0.2, 0) is 9.59 Å². The first-order valence-electron chi connectivity index (χ1n) is 5.53. The predicted octanol–water partition coefficient (Wildman–Crippen LogP) is -1.27. The lowest BCUT2D eigenvalue weighted by molar-refractivity contribution is -0.127. The SMILES string of the molecule is CC(C1=NC(=O)CC(=O)N1)N1CCNCC1. The summed E-state index contributed by atoms with van der Waals surface area (Å²) >= 11 is 0. The van der Waals surface area contributed by atoms with Gasteiger partial charge in [-0.2, -0.15) is 4.99 Å². The van der Waals surface area contributed by atoms with Gasteiger partial charge in [-0.05, 0) is 6.92 Å². The molecule has 6 heteroatoms. The summed E-state index contributed by atoms with van der Waals surface area (Å²) in [4.78, 5) is 28.5. The number of nitrogens with one attached hydrogen (secondary N) is 2. The second kappa shape index (κ2) is 4.71. The van der Waals surface area contributed by atoms with Crippen molar-refractivity contribution in [2.75, 3.05) is 26.2 Å². The molecule has 2 heterocycles. The molecule has 16 heavy (non-hydrogen) atoms. The van der Waals surface area contributed by atoms with Gasteiger partial charge in [-0.15, -0.1) is 0 Å². The number of piperazine rings is 1. The van der Waals surface area contributed by atoms with E-state index in [9.17, 15) is 9.59 Å². The number of amides is 2. The van der Waals surface area contributed by atoms with E-state index >= 15 is 0 Å². The van der Waals surface area contributed by atoms with E-state index in [1.54, 1.807) is 0 Å². The molecule has 2 aliphatic rings. The van der Waals surface area contributed by atoms with E-state index in [-0.39, 0.29) is 24.3 Å². The van der Waals surface area contributed by atoms with E-state index in [0.717, 1.165) is 26.2 Å². The number of amidine groups is 1. The Hall–Kier alpha value is -1.27. The lowest BCUT2D eigenvalue weighted by atomic mass is 10.2. The van der Waals surface area contributed by atoms with Gasteiger partial charge in [-0.3, -0.25) is 14.5 Å². The number of carbonyl (C=O) groups is 2. The van der Waals surface area contributed by atoms with Crippen LogP contribution in [0.5, 0.6) is 0 Å². The van der Waals surface area contributed by atoms with Gasteiger partial charge in [0.2, 0.25) is 5.91 Å². The highest BCUT2D eigenvalue weighted by Crippen LogP contribution is 2.05. The first-order valence-corrected chi connectivity index (χ1v) is 5.53.